The zero-order chi connectivity index (χ0) is 28.5. The summed E-state index contributed by atoms with van der Waals surface area (Å²) < 4.78 is 22.2. The fourth-order valence-corrected chi connectivity index (χ4v) is 4.33. The van der Waals surface area contributed by atoms with Crippen LogP contribution in [0.3, 0.4) is 0 Å². The van der Waals surface area contributed by atoms with Gasteiger partial charge in [0.15, 0.2) is 11.5 Å². The summed E-state index contributed by atoms with van der Waals surface area (Å²) in [5, 5.41) is 13.1. The van der Waals surface area contributed by atoms with Gasteiger partial charge in [0, 0.05) is 56.2 Å². The van der Waals surface area contributed by atoms with E-state index >= 15 is 0 Å². The van der Waals surface area contributed by atoms with Crippen LogP contribution >= 0.6 is 0 Å². The number of nitrogens with one attached hydrogen (secondary N) is 1. The molecule has 0 saturated carbocycles. The molecule has 2 heterocycles. The van der Waals surface area contributed by atoms with Crippen molar-refractivity contribution in [3.8, 4) is 23.0 Å². The van der Waals surface area contributed by atoms with Crippen LogP contribution in [0.15, 0.2) is 48.7 Å². The van der Waals surface area contributed by atoms with Gasteiger partial charge < -0.3 is 34.3 Å². The average Bonchev–Trinajstić information content (AvgIpc) is 2.97. The van der Waals surface area contributed by atoms with Crippen LogP contribution in [0.1, 0.15) is 5.56 Å². The zero-order valence-corrected chi connectivity index (χ0v) is 23.3. The predicted octanol–water partition coefficient (Wildman–Crippen LogP) is 3.56. The highest BCUT2D eigenvalue weighted by Gasteiger charge is 2.20. The number of ether oxygens (including phenoxy) is 4. The SMILES string of the molecule is COc1ccc(OC)c(CN(C(=O)O)c2ccnc(Nc3ccc(OCCN4CCN(C)CC4)c(OC)c3)n2)c1. The first-order chi connectivity index (χ1) is 19.4. The Bertz CT molecular complexity index is 1280. The molecule has 1 aromatic heterocycles. The molecule has 12 heteroatoms. The van der Waals surface area contributed by atoms with Crippen molar-refractivity contribution in [2.24, 2.45) is 0 Å². The quantitative estimate of drug-likeness (QED) is 0.343. The number of benzene rings is 2. The molecule has 214 valence electrons. The Morgan fingerprint density at radius 3 is 2.42 bits per heavy atom. The number of rotatable bonds is 12. The lowest BCUT2D eigenvalue weighted by molar-refractivity contribution is 0.133. The normalized spacial score (nSPS) is 13.9. The van der Waals surface area contributed by atoms with Crippen molar-refractivity contribution in [2.45, 2.75) is 6.54 Å². The van der Waals surface area contributed by atoms with Gasteiger partial charge in [0.05, 0.1) is 27.9 Å². The van der Waals surface area contributed by atoms with E-state index < -0.39 is 6.09 Å². The van der Waals surface area contributed by atoms with E-state index in [0.29, 0.717) is 40.9 Å². The van der Waals surface area contributed by atoms with Gasteiger partial charge >= 0.3 is 6.09 Å². The van der Waals surface area contributed by atoms with Crippen molar-refractivity contribution in [3.63, 3.8) is 0 Å². The molecule has 1 amide bonds. The fraction of sp³-hybridized carbons (Fsp3) is 0.393. The number of likely N-dealkylation sites (N-methyl/N-ethyl adjacent to an activating group) is 1. The molecule has 4 rings (SSSR count). The molecule has 0 bridgehead atoms. The minimum Gasteiger partial charge on any atom is -0.497 e. The van der Waals surface area contributed by atoms with Gasteiger partial charge in [-0.2, -0.15) is 4.98 Å². The van der Waals surface area contributed by atoms with Gasteiger partial charge in [-0.3, -0.25) is 9.80 Å². The summed E-state index contributed by atoms with van der Waals surface area (Å²) in [6.07, 6.45) is 0.325. The maximum Gasteiger partial charge on any atom is 0.413 e. The first-order valence-electron chi connectivity index (χ1n) is 12.9. The Balaban J connectivity index is 1.44. The number of methoxy groups -OCH3 is 3. The molecule has 0 radical (unpaired) electrons. The topological polar surface area (TPSA) is 122 Å². The molecule has 40 heavy (non-hydrogen) atoms. The molecular weight excluding hydrogens is 516 g/mol. The summed E-state index contributed by atoms with van der Waals surface area (Å²) in [6, 6.07) is 12.2. The van der Waals surface area contributed by atoms with Gasteiger partial charge in [0.2, 0.25) is 5.95 Å². The number of aromatic nitrogens is 2. The van der Waals surface area contributed by atoms with Gasteiger partial charge in [-0.05, 0) is 43.4 Å². The molecule has 12 nitrogen and oxygen atoms in total. The van der Waals surface area contributed by atoms with Crippen LogP contribution in [-0.4, -0.2) is 98.7 Å². The van der Waals surface area contributed by atoms with Crippen LogP contribution < -0.4 is 29.2 Å². The Kier molecular flexibility index (Phi) is 9.81. The standard InChI is InChI=1S/C28H36N6O6/c1-32-11-13-33(14-12-32)15-16-40-24-7-5-21(18-25(24)39-4)30-27-29-10-9-26(31-27)34(28(35)36)19-20-17-22(37-2)6-8-23(20)38-3/h5-10,17-18H,11-16,19H2,1-4H3,(H,35,36)(H,29,30,31). The molecule has 0 aliphatic carbocycles. The molecule has 1 aliphatic heterocycles. The molecule has 3 aromatic rings. The second-order valence-electron chi connectivity index (χ2n) is 9.27. The maximum atomic E-state index is 12.2. The van der Waals surface area contributed by atoms with Crippen molar-refractivity contribution in [1.82, 2.24) is 19.8 Å². The summed E-state index contributed by atoms with van der Waals surface area (Å²) in [7, 11) is 6.80. The lowest BCUT2D eigenvalue weighted by Gasteiger charge is -2.32. The van der Waals surface area contributed by atoms with E-state index in [4.69, 9.17) is 18.9 Å². The van der Waals surface area contributed by atoms with Crippen molar-refractivity contribution in [1.29, 1.82) is 0 Å². The van der Waals surface area contributed by atoms with Crippen LogP contribution in [0, 0.1) is 0 Å². The first-order valence-corrected chi connectivity index (χ1v) is 12.9. The number of piperazine rings is 1. The lowest BCUT2D eigenvalue weighted by Crippen LogP contribution is -2.45. The molecule has 0 unspecified atom stereocenters. The molecule has 0 spiro atoms. The van der Waals surface area contributed by atoms with Crippen molar-refractivity contribution in [3.05, 3.63) is 54.2 Å². The third kappa shape index (κ3) is 7.42. The second-order valence-corrected chi connectivity index (χ2v) is 9.27. The maximum absolute atomic E-state index is 12.2. The van der Waals surface area contributed by atoms with Crippen LogP contribution in [0.5, 0.6) is 23.0 Å². The van der Waals surface area contributed by atoms with E-state index in [1.807, 2.05) is 12.1 Å². The van der Waals surface area contributed by atoms with E-state index in [1.165, 1.54) is 19.4 Å². The van der Waals surface area contributed by atoms with Gasteiger partial charge in [0.25, 0.3) is 0 Å². The highest BCUT2D eigenvalue weighted by molar-refractivity contribution is 5.85. The van der Waals surface area contributed by atoms with Crippen LogP contribution in [0.25, 0.3) is 0 Å². The minimum absolute atomic E-state index is 0.000147. The Morgan fingerprint density at radius 2 is 1.73 bits per heavy atom. The molecular formula is C28H36N6O6. The highest BCUT2D eigenvalue weighted by atomic mass is 16.5. The van der Waals surface area contributed by atoms with Crippen LogP contribution in [0.4, 0.5) is 22.2 Å². The lowest BCUT2D eigenvalue weighted by atomic mass is 10.1. The molecule has 0 atom stereocenters. The fourth-order valence-electron chi connectivity index (χ4n) is 4.33. The van der Waals surface area contributed by atoms with Gasteiger partial charge in [0.1, 0.15) is 23.9 Å². The molecule has 2 N–H and O–H groups in total. The van der Waals surface area contributed by atoms with Crippen molar-refractivity contribution < 1.29 is 28.8 Å². The number of anilines is 3. The van der Waals surface area contributed by atoms with E-state index in [1.54, 1.807) is 38.5 Å². The number of hydrogen-bond acceptors (Lipinski definition) is 10. The number of amides is 1. The molecule has 2 aromatic carbocycles. The third-order valence-corrected chi connectivity index (χ3v) is 6.65. The van der Waals surface area contributed by atoms with Crippen molar-refractivity contribution >= 4 is 23.5 Å². The van der Waals surface area contributed by atoms with E-state index in [0.717, 1.165) is 37.6 Å². The van der Waals surface area contributed by atoms with Gasteiger partial charge in [-0.15, -0.1) is 0 Å². The Labute approximate surface area is 234 Å². The summed E-state index contributed by atoms with van der Waals surface area (Å²) in [5.41, 5.74) is 1.29. The summed E-state index contributed by atoms with van der Waals surface area (Å²) >= 11 is 0. The summed E-state index contributed by atoms with van der Waals surface area (Å²) in [4.78, 5) is 26.7. The largest absolute Gasteiger partial charge is 0.497 e. The first kappa shape index (κ1) is 28.7. The summed E-state index contributed by atoms with van der Waals surface area (Å²) in [5.74, 6) is 2.76. The predicted molar refractivity (Wildman–Crippen MR) is 151 cm³/mol. The third-order valence-electron chi connectivity index (χ3n) is 6.65. The summed E-state index contributed by atoms with van der Waals surface area (Å²) in [6.45, 7) is 5.59. The van der Waals surface area contributed by atoms with E-state index in [-0.39, 0.29) is 18.3 Å². The minimum atomic E-state index is -1.17. The van der Waals surface area contributed by atoms with Crippen LogP contribution in [0.2, 0.25) is 0 Å². The average molecular weight is 553 g/mol. The van der Waals surface area contributed by atoms with Gasteiger partial charge in [-0.25, -0.2) is 9.78 Å². The van der Waals surface area contributed by atoms with Gasteiger partial charge in [-0.1, -0.05) is 0 Å². The molecule has 1 saturated heterocycles. The second kappa shape index (κ2) is 13.7. The number of hydrogen-bond donors (Lipinski definition) is 2. The highest BCUT2D eigenvalue weighted by Crippen LogP contribution is 2.32. The van der Waals surface area contributed by atoms with E-state index in [9.17, 15) is 9.90 Å². The monoisotopic (exact) mass is 552 g/mol. The number of carboxylic acid groups (broad SMARTS) is 1. The Hall–Kier alpha value is -4.29. The number of carbonyl (C=O) groups is 1. The van der Waals surface area contributed by atoms with Crippen LogP contribution in [-0.2, 0) is 6.54 Å². The van der Waals surface area contributed by atoms with E-state index in [2.05, 4.69) is 32.1 Å². The Morgan fingerprint density at radius 1 is 0.975 bits per heavy atom. The smallest absolute Gasteiger partial charge is 0.413 e. The zero-order valence-electron chi connectivity index (χ0n) is 23.3. The number of nitrogens with zero attached hydrogens (tertiary/aromatic N) is 5. The molecule has 1 fully saturated rings. The molecule has 1 aliphatic rings. The van der Waals surface area contributed by atoms with Crippen molar-refractivity contribution in [2.75, 3.05) is 77.9 Å².